The van der Waals surface area contributed by atoms with E-state index in [1.54, 1.807) is 24.3 Å². The molecule has 0 radical (unpaired) electrons. The number of ether oxygens (including phenoxy) is 2. The van der Waals surface area contributed by atoms with Crippen molar-refractivity contribution in [3.8, 4) is 11.6 Å². The van der Waals surface area contributed by atoms with Gasteiger partial charge in [0.15, 0.2) is 0 Å². The van der Waals surface area contributed by atoms with Gasteiger partial charge in [0, 0.05) is 24.8 Å². The van der Waals surface area contributed by atoms with Crippen LogP contribution in [-0.4, -0.2) is 40.0 Å². The van der Waals surface area contributed by atoms with Crippen molar-refractivity contribution in [1.82, 2.24) is 14.8 Å². The normalized spacial score (nSPS) is 16.2. The molecule has 3 heterocycles. The van der Waals surface area contributed by atoms with Crippen LogP contribution >= 0.6 is 0 Å². The summed E-state index contributed by atoms with van der Waals surface area (Å²) in [5.41, 5.74) is 0.776. The Balaban J connectivity index is 1.44. The Labute approximate surface area is 154 Å². The van der Waals surface area contributed by atoms with Crippen LogP contribution in [0.4, 0.5) is 5.82 Å². The minimum absolute atomic E-state index is 0.00000264. The van der Waals surface area contributed by atoms with Crippen LogP contribution in [0.2, 0.25) is 0 Å². The predicted molar refractivity (Wildman–Crippen MR) is 98.4 cm³/mol. The molecule has 1 amide bonds. The number of rotatable bonds is 5. The van der Waals surface area contributed by atoms with E-state index in [9.17, 15) is 9.59 Å². The van der Waals surface area contributed by atoms with E-state index in [-0.39, 0.29) is 17.6 Å². The molecular weight excluding hydrogens is 348 g/mol. The molecule has 4 rings (SSSR count). The zero-order valence-corrected chi connectivity index (χ0v) is 14.4. The lowest BCUT2D eigenvalue weighted by Crippen LogP contribution is -2.17. The third-order valence-corrected chi connectivity index (χ3v) is 4.16. The molecule has 1 fully saturated rings. The molecule has 1 saturated heterocycles. The van der Waals surface area contributed by atoms with Gasteiger partial charge in [0.25, 0.3) is 11.5 Å². The Bertz CT molecular complexity index is 973. The lowest BCUT2D eigenvalue weighted by atomic mass is 10.2. The molecule has 1 aliphatic heterocycles. The summed E-state index contributed by atoms with van der Waals surface area (Å²) in [7, 11) is 0. The number of carbonyl (C=O) groups is 1. The predicted octanol–water partition coefficient (Wildman–Crippen LogP) is 1.98. The molecular formula is C19H18N4O4. The minimum atomic E-state index is -0.375. The van der Waals surface area contributed by atoms with Gasteiger partial charge in [0.2, 0.25) is 5.88 Å². The smallest absolute Gasteiger partial charge is 0.273 e. The highest BCUT2D eigenvalue weighted by Crippen LogP contribution is 2.15. The number of nitrogens with one attached hydrogen (secondary N) is 2. The largest absolute Gasteiger partial charge is 0.472 e. The summed E-state index contributed by atoms with van der Waals surface area (Å²) < 4.78 is 12.3. The van der Waals surface area contributed by atoms with Crippen LogP contribution in [0.15, 0.2) is 59.5 Å². The first-order chi connectivity index (χ1) is 13.2. The molecule has 138 valence electrons. The van der Waals surface area contributed by atoms with Crippen molar-refractivity contribution in [2.45, 2.75) is 12.5 Å². The molecule has 3 aromatic rings. The molecule has 1 aromatic carbocycles. The first-order valence-corrected chi connectivity index (χ1v) is 8.58. The van der Waals surface area contributed by atoms with Crippen molar-refractivity contribution in [2.24, 2.45) is 0 Å². The second-order valence-electron chi connectivity index (χ2n) is 6.12. The molecule has 8 heteroatoms. The highest BCUT2D eigenvalue weighted by atomic mass is 16.5. The molecule has 0 bridgehead atoms. The van der Waals surface area contributed by atoms with Gasteiger partial charge < -0.3 is 14.8 Å². The Morgan fingerprint density at radius 2 is 2.11 bits per heavy atom. The Morgan fingerprint density at radius 3 is 2.81 bits per heavy atom. The van der Waals surface area contributed by atoms with Gasteiger partial charge in [-0.3, -0.25) is 14.7 Å². The standard InChI is InChI=1S/C19H18N4O4/c24-18-10-16(22-23(18)14-4-2-1-3-5-14)21-19(25)13-6-7-17(20-11-13)27-15-8-9-26-12-15/h1-7,10-11,15,22H,8-9,12H2,(H,21,25). The number of aromatic amines is 1. The number of para-hydroxylation sites is 1. The third-order valence-electron chi connectivity index (χ3n) is 4.16. The van der Waals surface area contributed by atoms with E-state index in [2.05, 4.69) is 15.4 Å². The second-order valence-corrected chi connectivity index (χ2v) is 6.12. The van der Waals surface area contributed by atoms with Crippen LogP contribution in [0.1, 0.15) is 16.8 Å². The maximum atomic E-state index is 12.4. The van der Waals surface area contributed by atoms with Crippen LogP contribution < -0.4 is 15.6 Å². The Hall–Kier alpha value is -3.39. The first kappa shape index (κ1) is 17.0. The SMILES string of the molecule is O=C(Nc1cc(=O)n(-c2ccccc2)[nH]1)c1ccc(OC2CCOC2)nc1. The van der Waals surface area contributed by atoms with Gasteiger partial charge in [-0.1, -0.05) is 18.2 Å². The summed E-state index contributed by atoms with van der Waals surface area (Å²) in [5, 5.41) is 5.54. The molecule has 27 heavy (non-hydrogen) atoms. The van der Waals surface area contributed by atoms with Crippen molar-refractivity contribution < 1.29 is 14.3 Å². The fourth-order valence-corrected chi connectivity index (χ4v) is 2.78. The lowest BCUT2D eigenvalue weighted by molar-refractivity contribution is 0.102. The van der Waals surface area contributed by atoms with Gasteiger partial charge in [-0.2, -0.15) is 0 Å². The van der Waals surface area contributed by atoms with E-state index < -0.39 is 0 Å². The number of amides is 1. The number of hydrogen-bond donors (Lipinski definition) is 2. The molecule has 0 saturated carbocycles. The number of pyridine rings is 1. The van der Waals surface area contributed by atoms with Crippen molar-refractivity contribution in [1.29, 1.82) is 0 Å². The van der Waals surface area contributed by atoms with E-state index in [4.69, 9.17) is 9.47 Å². The summed E-state index contributed by atoms with van der Waals surface area (Å²) in [4.78, 5) is 28.7. The third kappa shape index (κ3) is 3.90. The van der Waals surface area contributed by atoms with Crippen LogP contribution in [0, 0.1) is 0 Å². The molecule has 2 aromatic heterocycles. The van der Waals surface area contributed by atoms with Crippen molar-refractivity contribution in [3.05, 3.63) is 70.6 Å². The maximum Gasteiger partial charge on any atom is 0.273 e. The van der Waals surface area contributed by atoms with E-state index in [0.29, 0.717) is 36.2 Å². The van der Waals surface area contributed by atoms with Crippen LogP contribution in [0.5, 0.6) is 5.88 Å². The number of hydrogen-bond acceptors (Lipinski definition) is 5. The molecule has 0 aliphatic carbocycles. The van der Waals surface area contributed by atoms with Gasteiger partial charge in [-0.25, -0.2) is 9.67 Å². The van der Waals surface area contributed by atoms with Crippen molar-refractivity contribution in [2.75, 3.05) is 18.5 Å². The second kappa shape index (κ2) is 7.46. The van der Waals surface area contributed by atoms with E-state index in [1.807, 2.05) is 18.2 Å². The van der Waals surface area contributed by atoms with E-state index in [1.165, 1.54) is 16.9 Å². The summed E-state index contributed by atoms with van der Waals surface area (Å²) in [6.45, 7) is 1.24. The lowest BCUT2D eigenvalue weighted by Gasteiger charge is -2.10. The zero-order chi connectivity index (χ0) is 18.6. The van der Waals surface area contributed by atoms with Crippen LogP contribution in [0.25, 0.3) is 5.69 Å². The van der Waals surface area contributed by atoms with Gasteiger partial charge in [-0.15, -0.1) is 0 Å². The van der Waals surface area contributed by atoms with Crippen molar-refractivity contribution >= 4 is 11.7 Å². The number of H-pyrrole nitrogens is 1. The summed E-state index contributed by atoms with van der Waals surface area (Å²) in [6, 6.07) is 13.7. The molecule has 2 N–H and O–H groups in total. The Kier molecular flexibility index (Phi) is 4.71. The molecule has 1 unspecified atom stereocenters. The molecule has 8 nitrogen and oxygen atoms in total. The highest BCUT2D eigenvalue weighted by molar-refractivity contribution is 6.03. The van der Waals surface area contributed by atoms with Gasteiger partial charge in [0.1, 0.15) is 11.9 Å². The highest BCUT2D eigenvalue weighted by Gasteiger charge is 2.18. The van der Waals surface area contributed by atoms with Crippen LogP contribution in [0.3, 0.4) is 0 Å². The van der Waals surface area contributed by atoms with Gasteiger partial charge in [-0.05, 0) is 18.2 Å². The first-order valence-electron chi connectivity index (χ1n) is 8.58. The monoisotopic (exact) mass is 366 g/mol. The van der Waals surface area contributed by atoms with E-state index in [0.717, 1.165) is 6.42 Å². The van der Waals surface area contributed by atoms with E-state index >= 15 is 0 Å². The van der Waals surface area contributed by atoms with Gasteiger partial charge in [0.05, 0.1) is 24.5 Å². The number of carbonyl (C=O) groups excluding carboxylic acids is 1. The quantitative estimate of drug-likeness (QED) is 0.719. The van der Waals surface area contributed by atoms with Gasteiger partial charge >= 0.3 is 0 Å². The number of benzene rings is 1. The molecule has 0 spiro atoms. The number of nitrogens with zero attached hydrogens (tertiary/aromatic N) is 2. The minimum Gasteiger partial charge on any atom is -0.472 e. The average Bonchev–Trinajstić information content (AvgIpc) is 3.32. The Morgan fingerprint density at radius 1 is 1.26 bits per heavy atom. The molecule has 1 aliphatic rings. The average molecular weight is 366 g/mol. The zero-order valence-electron chi connectivity index (χ0n) is 14.4. The number of anilines is 1. The summed E-state index contributed by atoms with van der Waals surface area (Å²) in [5.74, 6) is 0.377. The number of aromatic nitrogens is 3. The summed E-state index contributed by atoms with van der Waals surface area (Å²) >= 11 is 0. The topological polar surface area (TPSA) is 98.2 Å². The van der Waals surface area contributed by atoms with Crippen molar-refractivity contribution in [3.63, 3.8) is 0 Å². The fraction of sp³-hybridized carbons (Fsp3) is 0.211. The molecule has 1 atom stereocenters. The summed E-state index contributed by atoms with van der Waals surface area (Å²) in [6.07, 6.45) is 2.27. The van der Waals surface area contributed by atoms with Crippen LogP contribution in [-0.2, 0) is 4.74 Å². The fourth-order valence-electron chi connectivity index (χ4n) is 2.78. The maximum absolute atomic E-state index is 12.4.